The highest BCUT2D eigenvalue weighted by Gasteiger charge is 2.29. The van der Waals surface area contributed by atoms with Crippen LogP contribution >= 0.6 is 11.6 Å². The molecule has 5 heteroatoms. The van der Waals surface area contributed by atoms with Crippen molar-refractivity contribution >= 4 is 17.5 Å². The first-order valence-electron chi connectivity index (χ1n) is 6.30. The molecule has 4 nitrogen and oxygen atoms in total. The summed E-state index contributed by atoms with van der Waals surface area (Å²) in [5.41, 5.74) is 0. The number of anilines is 1. The third-order valence-electron chi connectivity index (χ3n) is 3.46. The van der Waals surface area contributed by atoms with Gasteiger partial charge in [-0.2, -0.15) is 0 Å². The van der Waals surface area contributed by atoms with E-state index in [1.54, 1.807) is 12.4 Å². The predicted octanol–water partition coefficient (Wildman–Crippen LogP) is 1.85. The lowest BCUT2D eigenvalue weighted by Gasteiger charge is -2.24. The highest BCUT2D eigenvalue weighted by atomic mass is 35.5. The molecule has 0 amide bonds. The Bertz CT molecular complexity index is 377. The van der Waals surface area contributed by atoms with E-state index in [2.05, 4.69) is 20.2 Å². The van der Waals surface area contributed by atoms with Gasteiger partial charge in [0, 0.05) is 25.2 Å². The van der Waals surface area contributed by atoms with Gasteiger partial charge in [-0.1, -0.05) is 11.6 Å². The molecule has 3 rings (SSSR count). The minimum absolute atomic E-state index is 0.539. The third kappa shape index (κ3) is 2.69. The predicted molar refractivity (Wildman–Crippen MR) is 68.4 cm³/mol. The van der Waals surface area contributed by atoms with Crippen LogP contribution in [0.3, 0.4) is 0 Å². The topological polar surface area (TPSA) is 41.1 Å². The second-order valence-electron chi connectivity index (χ2n) is 4.87. The molecule has 1 unspecified atom stereocenters. The molecule has 1 aromatic rings. The maximum atomic E-state index is 5.81. The van der Waals surface area contributed by atoms with Crippen LogP contribution in [0.15, 0.2) is 12.4 Å². The molecule has 17 heavy (non-hydrogen) atoms. The summed E-state index contributed by atoms with van der Waals surface area (Å²) in [5, 5.41) is 4.18. The van der Waals surface area contributed by atoms with Crippen molar-refractivity contribution in [2.24, 2.45) is 0 Å². The van der Waals surface area contributed by atoms with Crippen LogP contribution < -0.4 is 10.2 Å². The van der Waals surface area contributed by atoms with E-state index < -0.39 is 0 Å². The molecule has 92 valence electrons. The Hall–Kier alpha value is -0.870. The van der Waals surface area contributed by atoms with Crippen LogP contribution in [0.1, 0.15) is 25.7 Å². The zero-order valence-corrected chi connectivity index (χ0v) is 10.5. The zero-order valence-electron chi connectivity index (χ0n) is 9.77. The van der Waals surface area contributed by atoms with Gasteiger partial charge < -0.3 is 10.2 Å². The highest BCUT2D eigenvalue weighted by molar-refractivity contribution is 6.30. The maximum Gasteiger partial charge on any atom is 0.225 e. The Morgan fingerprint density at radius 2 is 2.06 bits per heavy atom. The summed E-state index contributed by atoms with van der Waals surface area (Å²) in [6.07, 6.45) is 8.48. The van der Waals surface area contributed by atoms with Crippen molar-refractivity contribution in [3.8, 4) is 0 Å². The molecular formula is C12H17ClN4. The van der Waals surface area contributed by atoms with Gasteiger partial charge >= 0.3 is 0 Å². The molecule has 1 aliphatic heterocycles. The van der Waals surface area contributed by atoms with Crippen LogP contribution in [0.4, 0.5) is 5.95 Å². The monoisotopic (exact) mass is 252 g/mol. The smallest absolute Gasteiger partial charge is 0.225 e. The Labute approximate surface area is 106 Å². The van der Waals surface area contributed by atoms with Gasteiger partial charge in [0.1, 0.15) is 0 Å². The fourth-order valence-electron chi connectivity index (χ4n) is 2.36. The van der Waals surface area contributed by atoms with Gasteiger partial charge in [-0.05, 0) is 25.7 Å². The second-order valence-corrected chi connectivity index (χ2v) is 5.31. The first kappa shape index (κ1) is 11.2. The molecular weight excluding hydrogens is 236 g/mol. The van der Waals surface area contributed by atoms with E-state index >= 15 is 0 Å². The van der Waals surface area contributed by atoms with Gasteiger partial charge in [0.15, 0.2) is 0 Å². The second kappa shape index (κ2) is 4.78. The fourth-order valence-corrected chi connectivity index (χ4v) is 2.45. The van der Waals surface area contributed by atoms with Gasteiger partial charge in [-0.15, -0.1) is 0 Å². The molecule has 0 radical (unpaired) electrons. The quantitative estimate of drug-likeness (QED) is 0.888. The highest BCUT2D eigenvalue weighted by Crippen LogP contribution is 2.24. The molecule has 2 heterocycles. The lowest BCUT2D eigenvalue weighted by Crippen LogP contribution is -2.39. The van der Waals surface area contributed by atoms with Crippen molar-refractivity contribution in [1.29, 1.82) is 0 Å². The van der Waals surface area contributed by atoms with Crippen LogP contribution in [0, 0.1) is 0 Å². The summed E-state index contributed by atoms with van der Waals surface area (Å²) in [5.74, 6) is 0.814. The molecule has 2 fully saturated rings. The first-order valence-corrected chi connectivity index (χ1v) is 6.68. The third-order valence-corrected chi connectivity index (χ3v) is 3.66. The summed E-state index contributed by atoms with van der Waals surface area (Å²) in [6, 6.07) is 1.31. The number of hydrogen-bond acceptors (Lipinski definition) is 4. The molecule has 0 spiro atoms. The average molecular weight is 253 g/mol. The molecule has 0 aromatic carbocycles. The average Bonchev–Trinajstić information content (AvgIpc) is 3.06. The van der Waals surface area contributed by atoms with Crippen LogP contribution in [0.2, 0.25) is 5.02 Å². The molecule has 1 N–H and O–H groups in total. The summed E-state index contributed by atoms with van der Waals surface area (Å²) in [6.45, 7) is 2.11. The number of halogens is 1. The first-order chi connectivity index (χ1) is 8.33. The van der Waals surface area contributed by atoms with Gasteiger partial charge in [-0.25, -0.2) is 9.97 Å². The molecule has 1 atom stereocenters. The Morgan fingerprint density at radius 3 is 2.76 bits per heavy atom. The minimum Gasteiger partial charge on any atom is -0.337 e. The number of aromatic nitrogens is 2. The van der Waals surface area contributed by atoms with E-state index in [1.165, 1.54) is 25.7 Å². The Kier molecular flexibility index (Phi) is 3.16. The van der Waals surface area contributed by atoms with Crippen molar-refractivity contribution in [1.82, 2.24) is 15.3 Å². The Morgan fingerprint density at radius 1 is 1.29 bits per heavy atom. The lowest BCUT2D eigenvalue weighted by atomic mass is 10.2. The molecule has 1 saturated carbocycles. The van der Waals surface area contributed by atoms with E-state index in [1.807, 2.05) is 0 Å². The van der Waals surface area contributed by atoms with Gasteiger partial charge in [-0.3, -0.25) is 0 Å². The van der Waals surface area contributed by atoms with Crippen LogP contribution in [0.5, 0.6) is 0 Å². The zero-order chi connectivity index (χ0) is 11.7. The van der Waals surface area contributed by atoms with E-state index in [0.717, 1.165) is 25.1 Å². The molecule has 1 aliphatic carbocycles. The Balaban J connectivity index is 1.65. The summed E-state index contributed by atoms with van der Waals surface area (Å²) >= 11 is 5.81. The molecule has 1 saturated heterocycles. The van der Waals surface area contributed by atoms with Crippen LogP contribution in [-0.2, 0) is 0 Å². The van der Waals surface area contributed by atoms with Crippen molar-refractivity contribution in [3.63, 3.8) is 0 Å². The summed E-state index contributed by atoms with van der Waals surface area (Å²) in [7, 11) is 0. The normalized spacial score (nSPS) is 24.3. The van der Waals surface area contributed by atoms with E-state index in [9.17, 15) is 0 Å². The van der Waals surface area contributed by atoms with Gasteiger partial charge in [0.05, 0.1) is 17.4 Å². The van der Waals surface area contributed by atoms with Crippen molar-refractivity contribution in [3.05, 3.63) is 17.4 Å². The van der Waals surface area contributed by atoms with E-state index in [-0.39, 0.29) is 0 Å². The standard InChI is InChI=1S/C12H17ClN4/c13-9-6-15-12(16-7-9)17-5-1-2-11(17)8-14-10-3-4-10/h6-7,10-11,14H,1-5,8H2. The molecule has 1 aromatic heterocycles. The van der Waals surface area contributed by atoms with E-state index in [0.29, 0.717) is 11.1 Å². The van der Waals surface area contributed by atoms with Gasteiger partial charge in [0.25, 0.3) is 0 Å². The van der Waals surface area contributed by atoms with Crippen LogP contribution in [-0.4, -0.2) is 35.1 Å². The van der Waals surface area contributed by atoms with Crippen LogP contribution in [0.25, 0.3) is 0 Å². The lowest BCUT2D eigenvalue weighted by molar-refractivity contribution is 0.565. The van der Waals surface area contributed by atoms with Gasteiger partial charge in [0.2, 0.25) is 5.95 Å². The molecule has 0 bridgehead atoms. The number of nitrogens with zero attached hydrogens (tertiary/aromatic N) is 3. The largest absolute Gasteiger partial charge is 0.337 e. The minimum atomic E-state index is 0.539. The number of hydrogen-bond donors (Lipinski definition) is 1. The van der Waals surface area contributed by atoms with Crippen molar-refractivity contribution in [2.75, 3.05) is 18.0 Å². The number of rotatable bonds is 4. The maximum absolute atomic E-state index is 5.81. The van der Waals surface area contributed by atoms with Crippen molar-refractivity contribution in [2.45, 2.75) is 37.8 Å². The van der Waals surface area contributed by atoms with E-state index in [4.69, 9.17) is 11.6 Å². The van der Waals surface area contributed by atoms with Crippen molar-refractivity contribution < 1.29 is 0 Å². The SMILES string of the molecule is Clc1cnc(N2CCCC2CNC2CC2)nc1. The fraction of sp³-hybridized carbons (Fsp3) is 0.667. The number of nitrogens with one attached hydrogen (secondary N) is 1. The summed E-state index contributed by atoms with van der Waals surface area (Å²) < 4.78 is 0. The molecule has 2 aliphatic rings. The summed E-state index contributed by atoms with van der Waals surface area (Å²) in [4.78, 5) is 10.9.